The van der Waals surface area contributed by atoms with Gasteiger partial charge in [0.15, 0.2) is 5.11 Å². The van der Waals surface area contributed by atoms with Crippen LogP contribution in [0.2, 0.25) is 0 Å². The smallest absolute Gasteiger partial charge is 0.272 e. The summed E-state index contributed by atoms with van der Waals surface area (Å²) in [6, 6.07) is 5.07. The monoisotopic (exact) mass is 246 g/mol. The maximum Gasteiger partial charge on any atom is 0.272 e. The van der Waals surface area contributed by atoms with E-state index in [1.807, 2.05) is 6.92 Å². The van der Waals surface area contributed by atoms with Crippen LogP contribution in [-0.2, 0) is 0 Å². The number of nitrogens with two attached hydrogens (primary N) is 1. The highest BCUT2D eigenvalue weighted by Gasteiger charge is 2.08. The van der Waals surface area contributed by atoms with Crippen molar-refractivity contribution in [2.24, 2.45) is 5.73 Å². The summed E-state index contributed by atoms with van der Waals surface area (Å²) in [6.45, 7) is 1.21. The minimum absolute atomic E-state index is 0.0625. The van der Waals surface area contributed by atoms with E-state index in [1.165, 1.54) is 0 Å². The van der Waals surface area contributed by atoms with Gasteiger partial charge in [0.2, 0.25) is 0 Å². The highest BCUT2D eigenvalue weighted by molar-refractivity contribution is 7.80. The number of aryl methyl sites for hydroxylation is 1. The van der Waals surface area contributed by atoms with E-state index >= 15 is 0 Å². The van der Waals surface area contributed by atoms with Crippen LogP contribution < -0.4 is 15.8 Å². The average molecular weight is 246 g/mol. The third kappa shape index (κ3) is 3.98. The zero-order chi connectivity index (χ0) is 12.1. The van der Waals surface area contributed by atoms with Crippen molar-refractivity contribution in [3.05, 3.63) is 23.8 Å². The van der Waals surface area contributed by atoms with Gasteiger partial charge < -0.3 is 15.8 Å². The van der Waals surface area contributed by atoms with Crippen molar-refractivity contribution in [3.8, 4) is 5.75 Å². The molecule has 0 aliphatic heterocycles. The van der Waals surface area contributed by atoms with Gasteiger partial charge in [-0.05, 0) is 36.8 Å². The average Bonchev–Trinajstić information content (AvgIpc) is 2.15. The van der Waals surface area contributed by atoms with Gasteiger partial charge in [-0.2, -0.15) is 0 Å². The molecular formula is C10H12F2N2OS. The molecule has 0 heterocycles. The summed E-state index contributed by atoms with van der Waals surface area (Å²) in [6.07, 6.45) is -2.51. The van der Waals surface area contributed by atoms with Crippen LogP contribution in [0, 0.1) is 6.92 Å². The Labute approximate surface area is 97.6 Å². The molecule has 1 aromatic carbocycles. The molecule has 0 radical (unpaired) electrons. The molecule has 0 fully saturated rings. The summed E-state index contributed by atoms with van der Waals surface area (Å²) >= 11 is 4.68. The first kappa shape index (κ1) is 12.6. The lowest BCUT2D eigenvalue weighted by molar-refractivity contribution is 0.0823. The van der Waals surface area contributed by atoms with Gasteiger partial charge in [-0.25, -0.2) is 8.78 Å². The molecular weight excluding hydrogens is 234 g/mol. The van der Waals surface area contributed by atoms with E-state index in [0.717, 1.165) is 5.56 Å². The highest BCUT2D eigenvalue weighted by Crippen LogP contribution is 2.25. The molecule has 0 atom stereocenters. The van der Waals surface area contributed by atoms with Crippen molar-refractivity contribution >= 4 is 23.0 Å². The Balaban J connectivity index is 2.84. The largest absolute Gasteiger partial charge is 0.485 e. The van der Waals surface area contributed by atoms with Gasteiger partial charge in [0, 0.05) is 0 Å². The van der Waals surface area contributed by atoms with E-state index in [1.54, 1.807) is 18.2 Å². The third-order valence-corrected chi connectivity index (χ3v) is 1.86. The molecule has 6 heteroatoms. The van der Waals surface area contributed by atoms with E-state index in [2.05, 4.69) is 17.5 Å². The molecule has 3 nitrogen and oxygen atoms in total. The minimum atomic E-state index is -2.51. The Morgan fingerprint density at radius 3 is 2.81 bits per heavy atom. The van der Waals surface area contributed by atoms with Crippen molar-refractivity contribution in [1.29, 1.82) is 0 Å². The lowest BCUT2D eigenvalue weighted by Crippen LogP contribution is -2.20. The van der Waals surface area contributed by atoms with Crippen LogP contribution in [0.4, 0.5) is 14.5 Å². The number of hydrogen-bond acceptors (Lipinski definition) is 2. The molecule has 0 saturated carbocycles. The van der Waals surface area contributed by atoms with Crippen LogP contribution in [0.1, 0.15) is 5.56 Å². The standard InChI is InChI=1S/C10H12F2N2OS/c1-6-2-3-8(15-5-9(11)12)7(4-6)14-10(13)16/h2-4,9H,5H2,1H3,(H3,13,14,16). The Hall–Kier alpha value is -1.43. The van der Waals surface area contributed by atoms with Crippen molar-refractivity contribution in [2.75, 3.05) is 11.9 Å². The van der Waals surface area contributed by atoms with Crippen molar-refractivity contribution in [3.63, 3.8) is 0 Å². The van der Waals surface area contributed by atoms with Gasteiger partial charge >= 0.3 is 0 Å². The van der Waals surface area contributed by atoms with Crippen molar-refractivity contribution < 1.29 is 13.5 Å². The lowest BCUT2D eigenvalue weighted by atomic mass is 10.2. The summed E-state index contributed by atoms with van der Waals surface area (Å²) in [5.41, 5.74) is 6.76. The summed E-state index contributed by atoms with van der Waals surface area (Å²) in [5.74, 6) is 0.304. The molecule has 1 rings (SSSR count). The molecule has 0 spiro atoms. The van der Waals surface area contributed by atoms with Crippen molar-refractivity contribution in [1.82, 2.24) is 0 Å². The topological polar surface area (TPSA) is 47.3 Å². The van der Waals surface area contributed by atoms with Gasteiger partial charge in [0.25, 0.3) is 6.43 Å². The molecule has 16 heavy (non-hydrogen) atoms. The molecule has 88 valence electrons. The van der Waals surface area contributed by atoms with Crippen LogP contribution in [0.25, 0.3) is 0 Å². The van der Waals surface area contributed by atoms with Crippen LogP contribution >= 0.6 is 12.2 Å². The first-order valence-electron chi connectivity index (χ1n) is 4.57. The molecule has 1 aromatic rings. The summed E-state index contributed by atoms with van der Waals surface area (Å²) in [5, 5.41) is 2.74. The maximum absolute atomic E-state index is 12.0. The molecule has 0 aliphatic carbocycles. The Bertz CT molecular complexity index is 385. The second kappa shape index (κ2) is 5.60. The second-order valence-electron chi connectivity index (χ2n) is 3.19. The Morgan fingerprint density at radius 2 is 2.25 bits per heavy atom. The normalized spacial score (nSPS) is 10.2. The number of anilines is 1. The van der Waals surface area contributed by atoms with E-state index in [4.69, 9.17) is 10.5 Å². The molecule has 0 bridgehead atoms. The van der Waals surface area contributed by atoms with Gasteiger partial charge in [0.1, 0.15) is 12.4 Å². The number of thiocarbonyl (C=S) groups is 1. The molecule has 0 unspecified atom stereocenters. The van der Waals surface area contributed by atoms with E-state index in [-0.39, 0.29) is 5.11 Å². The summed E-state index contributed by atoms with van der Waals surface area (Å²) in [4.78, 5) is 0. The molecule has 3 N–H and O–H groups in total. The van der Waals surface area contributed by atoms with Crippen LogP contribution in [0.3, 0.4) is 0 Å². The SMILES string of the molecule is Cc1ccc(OCC(F)F)c(NC(N)=S)c1. The number of ether oxygens (including phenoxy) is 1. The lowest BCUT2D eigenvalue weighted by Gasteiger charge is -2.12. The number of nitrogens with one attached hydrogen (secondary N) is 1. The minimum Gasteiger partial charge on any atom is -0.485 e. The van der Waals surface area contributed by atoms with Gasteiger partial charge in [0.05, 0.1) is 5.69 Å². The Morgan fingerprint density at radius 1 is 1.56 bits per heavy atom. The predicted octanol–water partition coefficient (Wildman–Crippen LogP) is 2.29. The summed E-state index contributed by atoms with van der Waals surface area (Å²) < 4.78 is 28.9. The quantitative estimate of drug-likeness (QED) is 0.800. The number of alkyl halides is 2. The zero-order valence-corrected chi connectivity index (χ0v) is 9.48. The molecule has 0 amide bonds. The van der Waals surface area contributed by atoms with Crippen LogP contribution in [0.15, 0.2) is 18.2 Å². The number of benzene rings is 1. The number of hydrogen-bond donors (Lipinski definition) is 2. The first-order valence-corrected chi connectivity index (χ1v) is 4.98. The van der Waals surface area contributed by atoms with Crippen molar-refractivity contribution in [2.45, 2.75) is 13.3 Å². The van der Waals surface area contributed by atoms with Gasteiger partial charge in [-0.15, -0.1) is 0 Å². The maximum atomic E-state index is 12.0. The van der Waals surface area contributed by atoms with E-state index in [9.17, 15) is 8.78 Å². The number of halogens is 2. The molecule has 0 aliphatic rings. The fourth-order valence-corrected chi connectivity index (χ4v) is 1.26. The van der Waals surface area contributed by atoms with Crippen LogP contribution in [0.5, 0.6) is 5.75 Å². The predicted molar refractivity (Wildman–Crippen MR) is 63.1 cm³/mol. The Kier molecular flexibility index (Phi) is 4.42. The zero-order valence-electron chi connectivity index (χ0n) is 8.67. The van der Waals surface area contributed by atoms with Gasteiger partial charge in [-0.3, -0.25) is 0 Å². The molecule has 0 saturated heterocycles. The summed E-state index contributed by atoms with van der Waals surface area (Å²) in [7, 11) is 0. The highest BCUT2D eigenvalue weighted by atomic mass is 32.1. The van der Waals surface area contributed by atoms with E-state index < -0.39 is 13.0 Å². The second-order valence-corrected chi connectivity index (χ2v) is 3.63. The first-order chi connectivity index (χ1) is 7.49. The number of rotatable bonds is 4. The third-order valence-electron chi connectivity index (χ3n) is 1.76. The van der Waals surface area contributed by atoms with Gasteiger partial charge in [-0.1, -0.05) is 6.07 Å². The molecule has 0 aromatic heterocycles. The van der Waals surface area contributed by atoms with E-state index in [0.29, 0.717) is 11.4 Å². The van der Waals surface area contributed by atoms with Crippen LogP contribution in [-0.4, -0.2) is 18.1 Å². The fraction of sp³-hybridized carbons (Fsp3) is 0.300. The fourth-order valence-electron chi connectivity index (χ4n) is 1.15.